The van der Waals surface area contributed by atoms with E-state index in [1.165, 1.54) is 5.56 Å². The lowest BCUT2D eigenvalue weighted by molar-refractivity contribution is 1.02. The van der Waals surface area contributed by atoms with Gasteiger partial charge in [0.1, 0.15) is 5.82 Å². The summed E-state index contributed by atoms with van der Waals surface area (Å²) in [7, 11) is 0. The van der Waals surface area contributed by atoms with Crippen molar-refractivity contribution in [1.82, 2.24) is 9.97 Å². The van der Waals surface area contributed by atoms with Crippen LogP contribution in [0.25, 0.3) is 11.4 Å². The number of benzene rings is 1. The highest BCUT2D eigenvalue weighted by Crippen LogP contribution is 2.20. The quantitative estimate of drug-likeness (QED) is 0.858. The fourth-order valence-corrected chi connectivity index (χ4v) is 1.83. The average Bonchev–Trinajstić information content (AvgIpc) is 2.35. The Hall–Kier alpha value is -1.90. The molecule has 0 aliphatic carbocycles. The average molecular weight is 228 g/mol. The zero-order valence-corrected chi connectivity index (χ0v) is 10.4. The third kappa shape index (κ3) is 2.13. The zero-order chi connectivity index (χ0) is 12.4. The highest BCUT2D eigenvalue weighted by molar-refractivity contribution is 5.60. The first-order chi connectivity index (χ1) is 8.13. The van der Waals surface area contributed by atoms with E-state index >= 15 is 0 Å². The molecule has 0 bridgehead atoms. The first-order valence-corrected chi connectivity index (χ1v) is 5.79. The Kier molecular flexibility index (Phi) is 3.09. The number of hydrogen-bond acceptors (Lipinski definition) is 2. The predicted octanol–water partition coefficient (Wildman–Crippen LogP) is 2.62. The maximum Gasteiger partial charge on any atom is 0.254 e. The smallest absolute Gasteiger partial charge is 0.254 e. The molecule has 3 nitrogen and oxygen atoms in total. The molecule has 2 rings (SSSR count). The number of hydrogen-bond donors (Lipinski definition) is 1. The van der Waals surface area contributed by atoms with E-state index in [-0.39, 0.29) is 5.56 Å². The molecule has 1 N–H and O–H groups in total. The zero-order valence-electron chi connectivity index (χ0n) is 10.4. The molecule has 88 valence electrons. The van der Waals surface area contributed by atoms with Gasteiger partial charge in [-0.25, -0.2) is 4.98 Å². The molecule has 2 aromatic rings. The number of rotatable bonds is 2. The molecule has 0 aliphatic heterocycles. The first kappa shape index (κ1) is 11.6. The molecule has 17 heavy (non-hydrogen) atoms. The predicted molar refractivity (Wildman–Crippen MR) is 69.1 cm³/mol. The van der Waals surface area contributed by atoms with E-state index in [1.807, 2.05) is 25.1 Å². The van der Waals surface area contributed by atoms with E-state index in [9.17, 15) is 4.79 Å². The van der Waals surface area contributed by atoms with E-state index in [4.69, 9.17) is 0 Å². The molecule has 0 radical (unpaired) electrons. The highest BCUT2D eigenvalue weighted by Gasteiger charge is 2.08. The van der Waals surface area contributed by atoms with Crippen LogP contribution in [-0.4, -0.2) is 9.97 Å². The second kappa shape index (κ2) is 4.53. The summed E-state index contributed by atoms with van der Waals surface area (Å²) in [6.45, 7) is 5.75. The van der Waals surface area contributed by atoms with Crippen LogP contribution in [0, 0.1) is 13.8 Å². The lowest BCUT2D eigenvalue weighted by Gasteiger charge is -2.08. The van der Waals surface area contributed by atoms with Crippen LogP contribution in [0.2, 0.25) is 0 Å². The number of aromatic amines is 1. The van der Waals surface area contributed by atoms with E-state index < -0.39 is 0 Å². The van der Waals surface area contributed by atoms with Gasteiger partial charge in [0.25, 0.3) is 5.56 Å². The Morgan fingerprint density at radius 3 is 2.59 bits per heavy atom. The van der Waals surface area contributed by atoms with Gasteiger partial charge in [-0.1, -0.05) is 31.2 Å². The largest absolute Gasteiger partial charge is 0.306 e. The maximum atomic E-state index is 11.7. The van der Waals surface area contributed by atoms with Gasteiger partial charge in [0.05, 0.1) is 0 Å². The maximum absolute atomic E-state index is 11.7. The van der Waals surface area contributed by atoms with Crippen LogP contribution in [0.4, 0.5) is 0 Å². The van der Waals surface area contributed by atoms with Crippen molar-refractivity contribution in [2.24, 2.45) is 0 Å². The molecule has 0 atom stereocenters. The molecule has 1 aromatic heterocycles. The van der Waals surface area contributed by atoms with Crippen molar-refractivity contribution in [2.45, 2.75) is 27.2 Å². The number of nitrogens with one attached hydrogen (secondary N) is 1. The molecular formula is C14H16N2O. The van der Waals surface area contributed by atoms with Gasteiger partial charge in [0, 0.05) is 16.8 Å². The topological polar surface area (TPSA) is 45.8 Å². The monoisotopic (exact) mass is 228 g/mol. The van der Waals surface area contributed by atoms with Crippen LogP contribution in [-0.2, 0) is 6.42 Å². The normalized spacial score (nSPS) is 10.5. The van der Waals surface area contributed by atoms with E-state index in [2.05, 4.69) is 23.0 Å². The van der Waals surface area contributed by atoms with Gasteiger partial charge in [-0.05, 0) is 25.8 Å². The van der Waals surface area contributed by atoms with Crippen molar-refractivity contribution in [3.8, 4) is 11.4 Å². The van der Waals surface area contributed by atoms with Gasteiger partial charge in [0.2, 0.25) is 0 Å². The fraction of sp³-hybridized carbons (Fsp3) is 0.286. The summed E-state index contributed by atoms with van der Waals surface area (Å²) in [5.41, 5.74) is 3.62. The second-order valence-corrected chi connectivity index (χ2v) is 4.14. The number of aromatic nitrogens is 2. The molecule has 1 heterocycles. The third-order valence-corrected chi connectivity index (χ3v) is 3.05. The number of nitrogens with zero attached hydrogens (tertiary/aromatic N) is 1. The lowest BCUT2D eigenvalue weighted by atomic mass is 10.0. The van der Waals surface area contributed by atoms with Crippen LogP contribution < -0.4 is 5.56 Å². The van der Waals surface area contributed by atoms with Crippen molar-refractivity contribution in [1.29, 1.82) is 0 Å². The summed E-state index contributed by atoms with van der Waals surface area (Å²) < 4.78 is 0. The second-order valence-electron chi connectivity index (χ2n) is 4.14. The van der Waals surface area contributed by atoms with Crippen LogP contribution >= 0.6 is 0 Å². The summed E-state index contributed by atoms with van der Waals surface area (Å²) in [6, 6.07) is 8.02. The van der Waals surface area contributed by atoms with E-state index in [1.54, 1.807) is 6.92 Å². The minimum absolute atomic E-state index is 0.0570. The van der Waals surface area contributed by atoms with Gasteiger partial charge in [-0.2, -0.15) is 0 Å². The highest BCUT2D eigenvalue weighted by atomic mass is 16.1. The molecule has 0 saturated carbocycles. The van der Waals surface area contributed by atoms with Crippen LogP contribution in [0.3, 0.4) is 0 Å². The van der Waals surface area contributed by atoms with E-state index in [0.29, 0.717) is 11.4 Å². The van der Waals surface area contributed by atoms with Gasteiger partial charge in [-0.15, -0.1) is 0 Å². The Bertz CT molecular complexity index is 599. The van der Waals surface area contributed by atoms with Gasteiger partial charge >= 0.3 is 0 Å². The lowest BCUT2D eigenvalue weighted by Crippen LogP contribution is -2.14. The molecular weight excluding hydrogens is 212 g/mol. The number of H-pyrrole nitrogens is 1. The van der Waals surface area contributed by atoms with Gasteiger partial charge < -0.3 is 4.98 Å². The molecule has 0 saturated heterocycles. The van der Waals surface area contributed by atoms with Gasteiger partial charge in [-0.3, -0.25) is 4.79 Å². The summed E-state index contributed by atoms with van der Waals surface area (Å²) >= 11 is 0. The van der Waals surface area contributed by atoms with Crippen LogP contribution in [0.1, 0.15) is 23.7 Å². The molecule has 3 heteroatoms. The summed E-state index contributed by atoms with van der Waals surface area (Å²) in [5, 5.41) is 0. The Morgan fingerprint density at radius 2 is 1.94 bits per heavy atom. The van der Waals surface area contributed by atoms with Crippen molar-refractivity contribution in [3.05, 3.63) is 51.4 Å². The fourth-order valence-electron chi connectivity index (χ4n) is 1.83. The van der Waals surface area contributed by atoms with Crippen molar-refractivity contribution >= 4 is 0 Å². The Morgan fingerprint density at radius 1 is 1.24 bits per heavy atom. The minimum Gasteiger partial charge on any atom is -0.306 e. The molecule has 0 spiro atoms. The SMILES string of the molecule is CCc1ccccc1-c1nc(C)c(C)c(=O)[nH]1. The molecule has 0 fully saturated rings. The van der Waals surface area contributed by atoms with Crippen molar-refractivity contribution in [2.75, 3.05) is 0 Å². The van der Waals surface area contributed by atoms with Crippen LogP contribution in [0.5, 0.6) is 0 Å². The summed E-state index contributed by atoms with van der Waals surface area (Å²) in [4.78, 5) is 19.0. The van der Waals surface area contributed by atoms with E-state index in [0.717, 1.165) is 17.7 Å². The molecule has 0 unspecified atom stereocenters. The number of aryl methyl sites for hydroxylation is 2. The standard InChI is InChI=1S/C14H16N2O/c1-4-11-7-5-6-8-12(11)13-15-10(3)9(2)14(17)16-13/h5-8H,4H2,1-3H3,(H,15,16,17). The van der Waals surface area contributed by atoms with Crippen LogP contribution in [0.15, 0.2) is 29.1 Å². The summed E-state index contributed by atoms with van der Waals surface area (Å²) in [5.74, 6) is 0.663. The third-order valence-electron chi connectivity index (χ3n) is 3.05. The Balaban J connectivity index is 2.65. The molecule has 1 aromatic carbocycles. The first-order valence-electron chi connectivity index (χ1n) is 5.79. The molecule has 0 amide bonds. The van der Waals surface area contributed by atoms with Gasteiger partial charge in [0.15, 0.2) is 0 Å². The van der Waals surface area contributed by atoms with Crippen molar-refractivity contribution in [3.63, 3.8) is 0 Å². The van der Waals surface area contributed by atoms with Crippen molar-refractivity contribution < 1.29 is 0 Å². The molecule has 0 aliphatic rings. The summed E-state index contributed by atoms with van der Waals surface area (Å²) in [6.07, 6.45) is 0.923. The Labute approximate surface area is 101 Å². The minimum atomic E-state index is -0.0570.